The first-order valence-electron chi connectivity index (χ1n) is 9.73. The van der Waals surface area contributed by atoms with Gasteiger partial charge < -0.3 is 19.3 Å². The average Bonchev–Trinajstić information content (AvgIpc) is 3.03. The van der Waals surface area contributed by atoms with E-state index >= 15 is 0 Å². The van der Waals surface area contributed by atoms with E-state index in [1.807, 2.05) is 12.1 Å². The molecule has 0 radical (unpaired) electrons. The SMILES string of the molecule is COCC1CN(c2ccc(Cl)c(OC)c2)CCN1C(=O)Cn1nc(C(F)(F)F)c(Cl)c1C. The molecule has 1 fully saturated rings. The number of amides is 1. The van der Waals surface area contributed by atoms with Gasteiger partial charge in [-0.15, -0.1) is 0 Å². The Kier molecular flexibility index (Phi) is 7.46. The molecule has 0 spiro atoms. The summed E-state index contributed by atoms with van der Waals surface area (Å²) >= 11 is 11.9. The summed E-state index contributed by atoms with van der Waals surface area (Å²) in [4.78, 5) is 16.7. The standard InChI is InChI=1S/C20H23Cl2F3N4O3/c1-12-18(22)19(20(23,24)25)26-29(12)10-17(30)28-7-6-27(9-14(28)11-31-2)13-4-5-15(21)16(8-13)32-3/h4-5,8,14H,6-7,9-11H2,1-3H3. The Morgan fingerprint density at radius 1 is 1.25 bits per heavy atom. The fourth-order valence-corrected chi connectivity index (χ4v) is 4.11. The van der Waals surface area contributed by atoms with Crippen LogP contribution in [0.5, 0.6) is 5.75 Å². The maximum absolute atomic E-state index is 13.1. The number of benzene rings is 1. The highest BCUT2D eigenvalue weighted by atomic mass is 35.5. The molecule has 2 heterocycles. The normalized spacial score (nSPS) is 17.1. The molecule has 32 heavy (non-hydrogen) atoms. The van der Waals surface area contributed by atoms with Gasteiger partial charge in [-0.3, -0.25) is 9.48 Å². The Morgan fingerprint density at radius 2 is 1.97 bits per heavy atom. The van der Waals surface area contributed by atoms with Crippen LogP contribution >= 0.6 is 23.2 Å². The molecular formula is C20H23Cl2F3N4O3. The van der Waals surface area contributed by atoms with Crippen LogP contribution in [-0.4, -0.2) is 67.1 Å². The van der Waals surface area contributed by atoms with Gasteiger partial charge in [-0.25, -0.2) is 0 Å². The number of carbonyl (C=O) groups excluding carboxylic acids is 1. The molecule has 0 N–H and O–H groups in total. The van der Waals surface area contributed by atoms with E-state index < -0.39 is 16.9 Å². The Balaban J connectivity index is 1.77. The van der Waals surface area contributed by atoms with Gasteiger partial charge in [0.2, 0.25) is 5.91 Å². The molecule has 1 aliphatic rings. The van der Waals surface area contributed by atoms with E-state index in [1.165, 1.54) is 21.1 Å². The Bertz CT molecular complexity index is 984. The zero-order chi connectivity index (χ0) is 23.6. The topological polar surface area (TPSA) is 59.8 Å². The fourth-order valence-electron chi connectivity index (χ4n) is 3.68. The summed E-state index contributed by atoms with van der Waals surface area (Å²) in [5, 5.41) is 3.51. The zero-order valence-corrected chi connectivity index (χ0v) is 19.3. The van der Waals surface area contributed by atoms with E-state index in [4.69, 9.17) is 32.7 Å². The summed E-state index contributed by atoms with van der Waals surface area (Å²) in [7, 11) is 3.06. The van der Waals surface area contributed by atoms with Gasteiger partial charge in [0.15, 0.2) is 5.69 Å². The zero-order valence-electron chi connectivity index (χ0n) is 17.7. The van der Waals surface area contributed by atoms with Crippen molar-refractivity contribution in [2.24, 2.45) is 0 Å². The maximum Gasteiger partial charge on any atom is 0.436 e. The van der Waals surface area contributed by atoms with E-state index in [1.54, 1.807) is 11.0 Å². The minimum absolute atomic E-state index is 0.0857. The van der Waals surface area contributed by atoms with Gasteiger partial charge in [0.1, 0.15) is 12.3 Å². The van der Waals surface area contributed by atoms with Crippen molar-refractivity contribution in [2.45, 2.75) is 25.7 Å². The lowest BCUT2D eigenvalue weighted by Crippen LogP contribution is -2.57. The number of hydrogen-bond donors (Lipinski definition) is 0. The number of halogens is 5. The lowest BCUT2D eigenvalue weighted by molar-refractivity contribution is -0.142. The number of rotatable bonds is 6. The Morgan fingerprint density at radius 3 is 2.56 bits per heavy atom. The highest BCUT2D eigenvalue weighted by molar-refractivity contribution is 6.32. The quantitative estimate of drug-likeness (QED) is 0.609. The van der Waals surface area contributed by atoms with Crippen molar-refractivity contribution >= 4 is 34.8 Å². The van der Waals surface area contributed by atoms with Crippen molar-refractivity contribution in [2.75, 3.05) is 45.4 Å². The van der Waals surface area contributed by atoms with E-state index in [-0.39, 0.29) is 30.8 Å². The molecule has 0 aliphatic carbocycles. The van der Waals surface area contributed by atoms with Crippen molar-refractivity contribution in [1.82, 2.24) is 14.7 Å². The average molecular weight is 495 g/mol. The van der Waals surface area contributed by atoms with Crippen molar-refractivity contribution in [3.05, 3.63) is 39.6 Å². The third-order valence-corrected chi connectivity index (χ3v) is 6.11. The molecule has 7 nitrogen and oxygen atoms in total. The lowest BCUT2D eigenvalue weighted by Gasteiger charge is -2.42. The second kappa shape index (κ2) is 9.76. The molecule has 3 rings (SSSR count). The molecule has 1 aliphatic heterocycles. The van der Waals surface area contributed by atoms with Crippen LogP contribution in [0.25, 0.3) is 0 Å². The highest BCUT2D eigenvalue weighted by Crippen LogP contribution is 2.35. The number of ether oxygens (including phenoxy) is 2. The third-order valence-electron chi connectivity index (χ3n) is 5.35. The smallest absolute Gasteiger partial charge is 0.436 e. The minimum Gasteiger partial charge on any atom is -0.495 e. The molecule has 176 valence electrons. The van der Waals surface area contributed by atoms with Gasteiger partial charge in [0.25, 0.3) is 0 Å². The fraction of sp³-hybridized carbons (Fsp3) is 0.500. The van der Waals surface area contributed by atoms with E-state index in [0.29, 0.717) is 30.4 Å². The van der Waals surface area contributed by atoms with Gasteiger partial charge in [-0.2, -0.15) is 18.3 Å². The summed E-state index contributed by atoms with van der Waals surface area (Å²) in [6, 6.07) is 5.11. The molecular weight excluding hydrogens is 472 g/mol. The number of nitrogens with zero attached hydrogens (tertiary/aromatic N) is 4. The van der Waals surface area contributed by atoms with Gasteiger partial charge in [0, 0.05) is 38.5 Å². The van der Waals surface area contributed by atoms with Crippen LogP contribution in [0.2, 0.25) is 10.0 Å². The van der Waals surface area contributed by atoms with Crippen molar-refractivity contribution < 1.29 is 27.4 Å². The largest absolute Gasteiger partial charge is 0.495 e. The first-order valence-corrected chi connectivity index (χ1v) is 10.5. The predicted octanol–water partition coefficient (Wildman–Crippen LogP) is 3.89. The van der Waals surface area contributed by atoms with Gasteiger partial charge in [-0.1, -0.05) is 23.2 Å². The molecule has 1 aromatic carbocycles. The van der Waals surface area contributed by atoms with Crippen LogP contribution in [-0.2, 0) is 22.3 Å². The van der Waals surface area contributed by atoms with Crippen molar-refractivity contribution in [3.63, 3.8) is 0 Å². The second-order valence-corrected chi connectivity index (χ2v) is 8.15. The predicted molar refractivity (Wildman–Crippen MR) is 115 cm³/mol. The van der Waals surface area contributed by atoms with Crippen molar-refractivity contribution in [1.29, 1.82) is 0 Å². The number of anilines is 1. The van der Waals surface area contributed by atoms with Gasteiger partial charge in [0.05, 0.1) is 35.5 Å². The lowest BCUT2D eigenvalue weighted by atomic mass is 10.1. The molecule has 1 unspecified atom stereocenters. The summed E-state index contributed by atoms with van der Waals surface area (Å²) < 4.78 is 50.8. The molecule has 1 aromatic heterocycles. The summed E-state index contributed by atoms with van der Waals surface area (Å²) in [5.41, 5.74) is -0.231. The van der Waals surface area contributed by atoms with Gasteiger partial charge in [-0.05, 0) is 19.1 Å². The highest BCUT2D eigenvalue weighted by Gasteiger charge is 2.39. The van der Waals surface area contributed by atoms with Crippen LogP contribution in [0.15, 0.2) is 18.2 Å². The summed E-state index contributed by atoms with van der Waals surface area (Å²) in [6.07, 6.45) is -4.69. The van der Waals surface area contributed by atoms with E-state index in [0.717, 1.165) is 10.4 Å². The molecule has 12 heteroatoms. The molecule has 1 saturated heterocycles. The number of carbonyl (C=O) groups is 1. The van der Waals surface area contributed by atoms with Crippen LogP contribution in [0, 0.1) is 6.92 Å². The maximum atomic E-state index is 13.1. The second-order valence-electron chi connectivity index (χ2n) is 7.36. The number of piperazine rings is 1. The monoisotopic (exact) mass is 494 g/mol. The van der Waals surface area contributed by atoms with E-state index in [2.05, 4.69) is 10.00 Å². The number of methoxy groups -OCH3 is 2. The summed E-state index contributed by atoms with van der Waals surface area (Å²) in [6.45, 7) is 2.66. The van der Waals surface area contributed by atoms with Crippen LogP contribution < -0.4 is 9.64 Å². The first kappa shape index (κ1) is 24.5. The number of hydrogen-bond acceptors (Lipinski definition) is 5. The van der Waals surface area contributed by atoms with Crippen LogP contribution in [0.3, 0.4) is 0 Å². The first-order chi connectivity index (χ1) is 15.1. The van der Waals surface area contributed by atoms with Crippen LogP contribution in [0.4, 0.5) is 18.9 Å². The van der Waals surface area contributed by atoms with Gasteiger partial charge >= 0.3 is 6.18 Å². The third kappa shape index (κ3) is 5.07. The summed E-state index contributed by atoms with van der Waals surface area (Å²) in [5.74, 6) is 0.175. The van der Waals surface area contributed by atoms with Crippen molar-refractivity contribution in [3.8, 4) is 5.75 Å². The molecule has 0 bridgehead atoms. The molecule has 2 aromatic rings. The van der Waals surface area contributed by atoms with E-state index in [9.17, 15) is 18.0 Å². The molecule has 1 atom stereocenters. The molecule has 1 amide bonds. The number of aromatic nitrogens is 2. The number of alkyl halides is 3. The minimum atomic E-state index is -4.69. The van der Waals surface area contributed by atoms with Crippen LogP contribution in [0.1, 0.15) is 11.4 Å². The Hall–Kier alpha value is -2.17. The Labute approximate surface area is 193 Å². The molecule has 0 saturated carbocycles.